The van der Waals surface area contributed by atoms with Crippen LogP contribution in [0.1, 0.15) is 38.5 Å². The molecule has 1 saturated heterocycles. The lowest BCUT2D eigenvalue weighted by Gasteiger charge is -2.33. The topological polar surface area (TPSA) is 72.6 Å². The maximum Gasteiger partial charge on any atom is 0.217 e. The van der Waals surface area contributed by atoms with Gasteiger partial charge >= 0.3 is 0 Å². The Labute approximate surface area is 110 Å². The molecule has 2 N–H and O–H groups in total. The quantitative estimate of drug-likeness (QED) is 0.802. The summed E-state index contributed by atoms with van der Waals surface area (Å²) in [7, 11) is -3.20. The van der Waals surface area contributed by atoms with Crippen LogP contribution in [0.25, 0.3) is 0 Å². The summed E-state index contributed by atoms with van der Waals surface area (Å²) in [5, 5.41) is -0.265. The van der Waals surface area contributed by atoms with Gasteiger partial charge in [-0.2, -0.15) is 4.31 Å². The van der Waals surface area contributed by atoms with Gasteiger partial charge in [-0.15, -0.1) is 0 Å². The van der Waals surface area contributed by atoms with Gasteiger partial charge in [0.1, 0.15) is 0 Å². The van der Waals surface area contributed by atoms with Crippen molar-refractivity contribution in [3.05, 3.63) is 0 Å². The van der Waals surface area contributed by atoms with Crippen LogP contribution in [0, 0.1) is 0 Å². The highest BCUT2D eigenvalue weighted by Gasteiger charge is 2.37. The van der Waals surface area contributed by atoms with E-state index in [-0.39, 0.29) is 11.3 Å². The van der Waals surface area contributed by atoms with Crippen LogP contribution in [0.4, 0.5) is 0 Å². The van der Waals surface area contributed by atoms with Gasteiger partial charge in [0, 0.05) is 32.3 Å². The van der Waals surface area contributed by atoms with Gasteiger partial charge in [-0.05, 0) is 25.7 Å². The van der Waals surface area contributed by atoms with Crippen molar-refractivity contribution in [2.75, 3.05) is 26.3 Å². The van der Waals surface area contributed by atoms with Crippen molar-refractivity contribution in [3.63, 3.8) is 0 Å². The fraction of sp³-hybridized carbons (Fsp3) is 1.00. The van der Waals surface area contributed by atoms with E-state index in [1.54, 1.807) is 4.31 Å². The Bertz CT molecular complexity index is 346. The molecule has 0 atom stereocenters. The molecule has 106 valence electrons. The molecule has 2 fully saturated rings. The summed E-state index contributed by atoms with van der Waals surface area (Å²) in [5.41, 5.74) is 5.59. The van der Waals surface area contributed by atoms with E-state index in [9.17, 15) is 8.42 Å². The number of ether oxygens (including phenoxy) is 1. The van der Waals surface area contributed by atoms with Crippen molar-refractivity contribution in [1.82, 2.24) is 4.31 Å². The molecule has 0 aromatic rings. The van der Waals surface area contributed by atoms with Crippen molar-refractivity contribution in [1.29, 1.82) is 0 Å². The number of hydrogen-bond donors (Lipinski definition) is 1. The molecule has 0 unspecified atom stereocenters. The van der Waals surface area contributed by atoms with E-state index < -0.39 is 10.0 Å². The highest BCUT2D eigenvalue weighted by atomic mass is 32.2. The second-order valence-electron chi connectivity index (χ2n) is 5.19. The first-order valence-electron chi connectivity index (χ1n) is 6.94. The first-order valence-corrected chi connectivity index (χ1v) is 8.45. The standard InChI is InChI=1S/C12H24N2O3S/c13-7-8-14(11-3-1-2-4-11)18(15,16)12-5-9-17-10-6-12/h11-12H,1-10,13H2. The molecule has 1 aliphatic carbocycles. The summed E-state index contributed by atoms with van der Waals surface area (Å²) >= 11 is 0. The summed E-state index contributed by atoms with van der Waals surface area (Å²) in [5.74, 6) is 0. The van der Waals surface area contributed by atoms with Crippen LogP contribution < -0.4 is 5.73 Å². The first-order chi connectivity index (χ1) is 8.66. The Kier molecular flexibility index (Phi) is 5.00. The van der Waals surface area contributed by atoms with Gasteiger partial charge in [-0.3, -0.25) is 0 Å². The van der Waals surface area contributed by atoms with Gasteiger partial charge < -0.3 is 10.5 Å². The Morgan fingerprint density at radius 2 is 1.72 bits per heavy atom. The molecule has 18 heavy (non-hydrogen) atoms. The summed E-state index contributed by atoms with van der Waals surface area (Å²) in [6, 6.07) is 0.182. The van der Waals surface area contributed by atoms with E-state index in [2.05, 4.69) is 0 Å². The lowest BCUT2D eigenvalue weighted by molar-refractivity contribution is 0.0968. The molecular weight excluding hydrogens is 252 g/mol. The zero-order valence-corrected chi connectivity index (χ0v) is 11.7. The van der Waals surface area contributed by atoms with Gasteiger partial charge in [0.05, 0.1) is 5.25 Å². The van der Waals surface area contributed by atoms with Gasteiger partial charge in [0.2, 0.25) is 10.0 Å². The van der Waals surface area contributed by atoms with Crippen molar-refractivity contribution in [2.45, 2.75) is 49.8 Å². The maximum atomic E-state index is 12.7. The second-order valence-corrected chi connectivity index (χ2v) is 7.36. The minimum Gasteiger partial charge on any atom is -0.381 e. The van der Waals surface area contributed by atoms with E-state index in [0.717, 1.165) is 25.7 Å². The Balaban J connectivity index is 2.11. The molecule has 0 spiro atoms. The van der Waals surface area contributed by atoms with Crippen LogP contribution in [0.3, 0.4) is 0 Å². The fourth-order valence-corrected chi connectivity index (χ4v) is 5.16. The fourth-order valence-electron chi connectivity index (χ4n) is 3.00. The summed E-state index contributed by atoms with van der Waals surface area (Å²) in [6.07, 6.45) is 5.49. The molecule has 6 heteroatoms. The van der Waals surface area contributed by atoms with Crippen LogP contribution in [0.15, 0.2) is 0 Å². The maximum absolute atomic E-state index is 12.7. The van der Waals surface area contributed by atoms with E-state index in [4.69, 9.17) is 10.5 Å². The minimum atomic E-state index is -3.20. The molecule has 0 radical (unpaired) electrons. The molecule has 0 aromatic carbocycles. The number of sulfonamides is 1. The van der Waals surface area contributed by atoms with Crippen molar-refractivity contribution in [2.24, 2.45) is 5.73 Å². The highest BCUT2D eigenvalue weighted by Crippen LogP contribution is 2.29. The zero-order chi connectivity index (χ0) is 13.0. The number of nitrogens with zero attached hydrogens (tertiary/aromatic N) is 1. The zero-order valence-electron chi connectivity index (χ0n) is 10.9. The van der Waals surface area contributed by atoms with Crippen LogP contribution in [-0.4, -0.2) is 50.3 Å². The summed E-state index contributed by atoms with van der Waals surface area (Å²) in [4.78, 5) is 0. The summed E-state index contributed by atoms with van der Waals surface area (Å²) in [6.45, 7) is 1.99. The predicted octanol–water partition coefficient (Wildman–Crippen LogP) is 0.698. The summed E-state index contributed by atoms with van der Waals surface area (Å²) < 4.78 is 32.3. The third-order valence-electron chi connectivity index (χ3n) is 4.00. The normalized spacial score (nSPS) is 23.9. The molecular formula is C12H24N2O3S. The average molecular weight is 276 g/mol. The van der Waals surface area contributed by atoms with E-state index in [0.29, 0.717) is 39.1 Å². The van der Waals surface area contributed by atoms with Crippen LogP contribution in [0.5, 0.6) is 0 Å². The molecule has 0 bridgehead atoms. The Morgan fingerprint density at radius 3 is 2.28 bits per heavy atom. The van der Waals surface area contributed by atoms with Crippen molar-refractivity contribution >= 4 is 10.0 Å². The predicted molar refractivity (Wildman–Crippen MR) is 70.8 cm³/mol. The van der Waals surface area contributed by atoms with Gasteiger partial charge in [0.15, 0.2) is 0 Å². The highest BCUT2D eigenvalue weighted by molar-refractivity contribution is 7.89. The van der Waals surface area contributed by atoms with Crippen LogP contribution in [0.2, 0.25) is 0 Å². The van der Waals surface area contributed by atoms with E-state index in [1.165, 1.54) is 0 Å². The average Bonchev–Trinajstić information content (AvgIpc) is 2.90. The molecule has 0 aromatic heterocycles. The van der Waals surface area contributed by atoms with Gasteiger partial charge in [-0.1, -0.05) is 12.8 Å². The Hall–Kier alpha value is -0.170. The SMILES string of the molecule is NCCN(C1CCCC1)S(=O)(=O)C1CCOCC1. The second kappa shape index (κ2) is 6.32. The lowest BCUT2D eigenvalue weighted by Crippen LogP contribution is -2.47. The molecule has 2 rings (SSSR count). The van der Waals surface area contributed by atoms with Crippen molar-refractivity contribution in [3.8, 4) is 0 Å². The van der Waals surface area contributed by atoms with Gasteiger partial charge in [-0.25, -0.2) is 8.42 Å². The first kappa shape index (κ1) is 14.2. The van der Waals surface area contributed by atoms with Crippen LogP contribution >= 0.6 is 0 Å². The lowest BCUT2D eigenvalue weighted by atomic mass is 10.2. The molecule has 0 amide bonds. The number of rotatable bonds is 5. The molecule has 2 aliphatic rings. The van der Waals surface area contributed by atoms with Crippen molar-refractivity contribution < 1.29 is 13.2 Å². The number of hydrogen-bond acceptors (Lipinski definition) is 4. The molecule has 1 heterocycles. The number of nitrogens with two attached hydrogens (primary N) is 1. The third-order valence-corrected chi connectivity index (χ3v) is 6.45. The Morgan fingerprint density at radius 1 is 1.11 bits per heavy atom. The van der Waals surface area contributed by atoms with E-state index in [1.807, 2.05) is 0 Å². The van der Waals surface area contributed by atoms with Gasteiger partial charge in [0.25, 0.3) is 0 Å². The smallest absolute Gasteiger partial charge is 0.217 e. The minimum absolute atomic E-state index is 0.182. The largest absolute Gasteiger partial charge is 0.381 e. The monoisotopic (exact) mass is 276 g/mol. The molecule has 5 nitrogen and oxygen atoms in total. The van der Waals surface area contributed by atoms with Crippen LogP contribution in [-0.2, 0) is 14.8 Å². The third kappa shape index (κ3) is 3.04. The molecule has 1 saturated carbocycles. The van der Waals surface area contributed by atoms with E-state index >= 15 is 0 Å². The molecule has 1 aliphatic heterocycles.